The first-order valence-electron chi connectivity index (χ1n) is 23.0. The van der Waals surface area contributed by atoms with Gasteiger partial charge in [-0.1, -0.05) is 219 Å². The summed E-state index contributed by atoms with van der Waals surface area (Å²) < 4.78 is 32.7. The molecule has 0 aromatic heterocycles. The predicted molar refractivity (Wildman–Crippen MR) is 227 cm³/mol. The molecule has 0 aliphatic rings. The van der Waals surface area contributed by atoms with Crippen LogP contribution in [0.15, 0.2) is 12.2 Å². The molecule has 0 spiro atoms. The molecule has 0 rings (SSSR count). The Balaban J connectivity index is 3.90. The van der Waals surface area contributed by atoms with Crippen LogP contribution >= 0.6 is 0 Å². The topological polar surface area (TPSA) is 124 Å². The Morgan fingerprint density at radius 3 is 1.13 bits per heavy atom. The average molecular weight is 772 g/mol. The molecule has 0 aliphatic heterocycles. The van der Waals surface area contributed by atoms with E-state index in [4.69, 9.17) is 0 Å². The van der Waals surface area contributed by atoms with Crippen LogP contribution in [0.1, 0.15) is 245 Å². The Morgan fingerprint density at radius 1 is 0.491 bits per heavy atom. The van der Waals surface area contributed by atoms with E-state index < -0.39 is 40.0 Å². The molecule has 0 aromatic rings. The van der Waals surface area contributed by atoms with Crippen LogP contribution in [0.25, 0.3) is 0 Å². The summed E-state index contributed by atoms with van der Waals surface area (Å²) in [6.07, 6.45) is 45.1. The molecular weight excluding hydrogens is 683 g/mol. The maximum absolute atomic E-state index is 12.6. The zero-order chi connectivity index (χ0) is 39.1. The number of aliphatic hydroxyl groups excluding tert-OH is 2. The van der Waals surface area contributed by atoms with Crippen molar-refractivity contribution in [2.75, 3.05) is 5.75 Å². The van der Waals surface area contributed by atoms with Gasteiger partial charge in [-0.05, 0) is 38.5 Å². The minimum atomic E-state index is -4.41. The van der Waals surface area contributed by atoms with Crippen molar-refractivity contribution in [3.05, 3.63) is 12.2 Å². The van der Waals surface area contributed by atoms with Crippen molar-refractivity contribution >= 4 is 16.0 Å². The van der Waals surface area contributed by atoms with E-state index in [0.29, 0.717) is 19.3 Å². The Kier molecular flexibility index (Phi) is 38.6. The number of amides is 1. The SMILES string of the molecule is CCCCCCCC/C=C\CCCCCCCCC(O)C(=O)NC(CS(=O)(=O)O)C(O)CCCCCCCCCCCCCCCCCCCCCC. The number of aliphatic hydroxyl groups is 2. The highest BCUT2D eigenvalue weighted by Crippen LogP contribution is 2.17. The number of unbranched alkanes of at least 4 members (excludes halogenated alkanes) is 31. The molecular formula is C45H89NO6S. The van der Waals surface area contributed by atoms with E-state index in [-0.39, 0.29) is 0 Å². The number of carbonyl (C=O) groups is 1. The molecule has 0 saturated heterocycles. The molecule has 0 aliphatic carbocycles. The van der Waals surface area contributed by atoms with Gasteiger partial charge in [0.25, 0.3) is 10.1 Å². The van der Waals surface area contributed by atoms with Gasteiger partial charge in [-0.25, -0.2) is 0 Å². The molecule has 1 amide bonds. The first kappa shape index (κ1) is 52.0. The van der Waals surface area contributed by atoms with Gasteiger partial charge in [-0.2, -0.15) is 8.42 Å². The lowest BCUT2D eigenvalue weighted by Crippen LogP contribution is -2.50. The first-order chi connectivity index (χ1) is 25.7. The Morgan fingerprint density at radius 2 is 0.792 bits per heavy atom. The van der Waals surface area contributed by atoms with Crippen LogP contribution in [0.4, 0.5) is 0 Å². The van der Waals surface area contributed by atoms with E-state index >= 15 is 0 Å². The van der Waals surface area contributed by atoms with Crippen LogP contribution in [0.5, 0.6) is 0 Å². The maximum atomic E-state index is 12.6. The second-order valence-corrected chi connectivity index (χ2v) is 17.7. The van der Waals surface area contributed by atoms with E-state index in [1.54, 1.807) is 0 Å². The summed E-state index contributed by atoms with van der Waals surface area (Å²) in [6, 6.07) is -1.15. The highest BCUT2D eigenvalue weighted by atomic mass is 32.2. The van der Waals surface area contributed by atoms with Crippen molar-refractivity contribution in [3.63, 3.8) is 0 Å². The summed E-state index contributed by atoms with van der Waals surface area (Å²) in [5.41, 5.74) is 0. The molecule has 8 heteroatoms. The van der Waals surface area contributed by atoms with Crippen molar-refractivity contribution in [2.24, 2.45) is 0 Å². The molecule has 3 atom stereocenters. The predicted octanol–water partition coefficient (Wildman–Crippen LogP) is 12.7. The summed E-state index contributed by atoms with van der Waals surface area (Å²) in [5, 5.41) is 23.6. The van der Waals surface area contributed by atoms with Crippen molar-refractivity contribution in [2.45, 2.75) is 263 Å². The Hall–Kier alpha value is -0.960. The first-order valence-corrected chi connectivity index (χ1v) is 24.6. The molecule has 3 unspecified atom stereocenters. The zero-order valence-corrected chi connectivity index (χ0v) is 35.8. The van der Waals surface area contributed by atoms with Crippen LogP contribution < -0.4 is 5.32 Å². The van der Waals surface area contributed by atoms with E-state index in [2.05, 4.69) is 31.3 Å². The van der Waals surface area contributed by atoms with Crippen LogP contribution in [0.3, 0.4) is 0 Å². The van der Waals surface area contributed by atoms with Crippen LogP contribution in [0, 0.1) is 0 Å². The average Bonchev–Trinajstić information content (AvgIpc) is 3.12. The summed E-state index contributed by atoms with van der Waals surface area (Å²) in [5.74, 6) is -1.45. The molecule has 7 nitrogen and oxygen atoms in total. The van der Waals surface area contributed by atoms with Gasteiger partial charge in [0.1, 0.15) is 6.10 Å². The summed E-state index contributed by atoms with van der Waals surface area (Å²) in [6.45, 7) is 4.52. The molecule has 4 N–H and O–H groups in total. The summed E-state index contributed by atoms with van der Waals surface area (Å²) in [7, 11) is -4.41. The van der Waals surface area contributed by atoms with Gasteiger partial charge in [0.15, 0.2) is 0 Å². The normalized spacial score (nSPS) is 13.8. The van der Waals surface area contributed by atoms with Crippen molar-refractivity contribution in [1.29, 1.82) is 0 Å². The van der Waals surface area contributed by atoms with E-state index in [1.165, 1.54) is 161 Å². The minimum Gasteiger partial charge on any atom is -0.391 e. The fraction of sp³-hybridized carbons (Fsp3) is 0.933. The molecule has 0 fully saturated rings. The largest absolute Gasteiger partial charge is 0.391 e. The van der Waals surface area contributed by atoms with Gasteiger partial charge in [-0.15, -0.1) is 0 Å². The van der Waals surface area contributed by atoms with Crippen LogP contribution in [0.2, 0.25) is 0 Å². The highest BCUT2D eigenvalue weighted by molar-refractivity contribution is 7.85. The van der Waals surface area contributed by atoms with Crippen LogP contribution in [-0.2, 0) is 14.9 Å². The monoisotopic (exact) mass is 772 g/mol. The quantitative estimate of drug-likeness (QED) is 0.0278. The van der Waals surface area contributed by atoms with E-state index in [0.717, 1.165) is 51.4 Å². The molecule has 316 valence electrons. The third kappa shape index (κ3) is 39.1. The van der Waals surface area contributed by atoms with Gasteiger partial charge >= 0.3 is 0 Å². The maximum Gasteiger partial charge on any atom is 0.266 e. The van der Waals surface area contributed by atoms with Gasteiger partial charge in [0.2, 0.25) is 5.91 Å². The van der Waals surface area contributed by atoms with Gasteiger partial charge < -0.3 is 15.5 Å². The molecule has 0 bridgehead atoms. The highest BCUT2D eigenvalue weighted by Gasteiger charge is 2.28. The van der Waals surface area contributed by atoms with Crippen molar-refractivity contribution in [1.82, 2.24) is 5.32 Å². The number of rotatable bonds is 42. The number of hydrogen-bond donors (Lipinski definition) is 4. The lowest BCUT2D eigenvalue weighted by Gasteiger charge is -2.24. The van der Waals surface area contributed by atoms with E-state index in [9.17, 15) is 28.0 Å². The van der Waals surface area contributed by atoms with Gasteiger partial charge in [0.05, 0.1) is 17.9 Å². The lowest BCUT2D eigenvalue weighted by atomic mass is 10.0. The lowest BCUT2D eigenvalue weighted by molar-refractivity contribution is -0.131. The van der Waals surface area contributed by atoms with Crippen molar-refractivity contribution in [3.8, 4) is 0 Å². The number of allylic oxidation sites excluding steroid dienone is 2. The van der Waals surface area contributed by atoms with Gasteiger partial charge in [0, 0.05) is 0 Å². The second kappa shape index (κ2) is 39.3. The third-order valence-electron chi connectivity index (χ3n) is 10.8. The Labute approximate surface area is 329 Å². The van der Waals surface area contributed by atoms with E-state index in [1.807, 2.05) is 0 Å². The fourth-order valence-electron chi connectivity index (χ4n) is 7.28. The molecule has 0 heterocycles. The Bertz CT molecular complexity index is 911. The number of nitrogens with one attached hydrogen (secondary N) is 1. The van der Waals surface area contributed by atoms with Crippen molar-refractivity contribution < 1.29 is 28.0 Å². The molecule has 0 radical (unpaired) electrons. The zero-order valence-electron chi connectivity index (χ0n) is 35.0. The number of hydrogen-bond acceptors (Lipinski definition) is 5. The minimum absolute atomic E-state index is 0.293. The molecule has 0 saturated carbocycles. The van der Waals surface area contributed by atoms with Crippen LogP contribution in [-0.4, -0.2) is 53.1 Å². The fourth-order valence-corrected chi connectivity index (χ4v) is 8.04. The van der Waals surface area contributed by atoms with Gasteiger partial charge in [-0.3, -0.25) is 9.35 Å². The molecule has 0 aromatic carbocycles. The smallest absolute Gasteiger partial charge is 0.266 e. The third-order valence-corrected chi connectivity index (χ3v) is 11.6. The second-order valence-electron chi connectivity index (χ2n) is 16.2. The summed E-state index contributed by atoms with van der Waals surface area (Å²) in [4.78, 5) is 12.6. The number of carbonyl (C=O) groups excluding carboxylic acids is 1. The standard InChI is InChI=1S/C45H89NO6S/c1-3-5-7-9-11-13-15-17-19-21-22-23-24-26-27-29-31-33-35-37-39-43(47)42(41-53(50,51)52)46-45(49)44(48)40-38-36-34-32-30-28-25-20-18-16-14-12-10-8-6-4-2/h18,20,42-44,47-48H,3-17,19,21-41H2,1-2H3,(H,46,49)(H,50,51,52)/b20-18-. The molecule has 53 heavy (non-hydrogen) atoms. The summed E-state index contributed by atoms with van der Waals surface area (Å²) >= 11 is 0.